The van der Waals surface area contributed by atoms with Crippen LogP contribution in [0.2, 0.25) is 0 Å². The van der Waals surface area contributed by atoms with Crippen LogP contribution in [0.25, 0.3) is 0 Å². The van der Waals surface area contributed by atoms with Gasteiger partial charge in [-0.1, -0.05) is 13.8 Å². The van der Waals surface area contributed by atoms with Gasteiger partial charge >= 0.3 is 0 Å². The van der Waals surface area contributed by atoms with E-state index in [0.717, 1.165) is 17.6 Å². The predicted molar refractivity (Wildman–Crippen MR) is 67.6 cm³/mol. The highest BCUT2D eigenvalue weighted by Crippen LogP contribution is 2.30. The molecular formula is C14H23NO2. The van der Waals surface area contributed by atoms with Crippen LogP contribution in [0.5, 0.6) is 0 Å². The quantitative estimate of drug-likeness (QED) is 0.846. The van der Waals surface area contributed by atoms with E-state index in [9.17, 15) is 5.11 Å². The number of hydrogen-bond acceptors (Lipinski definition) is 3. The third-order valence-electron chi connectivity index (χ3n) is 4.10. The molecule has 1 heterocycles. The van der Waals surface area contributed by atoms with Crippen LogP contribution < -0.4 is 5.32 Å². The van der Waals surface area contributed by atoms with E-state index in [1.54, 1.807) is 6.26 Å². The zero-order valence-electron chi connectivity index (χ0n) is 10.7. The zero-order chi connectivity index (χ0) is 12.3. The number of aliphatic hydroxyl groups excluding tert-OH is 1. The smallest absolute Gasteiger partial charge is 0.123 e. The SMILES string of the molecule is C[C@@H]1CC[C@H](N[C@H](CO)c2ccco2)C[C@H]1C. The van der Waals surface area contributed by atoms with Crippen LogP contribution in [0.15, 0.2) is 22.8 Å². The summed E-state index contributed by atoms with van der Waals surface area (Å²) in [6.45, 7) is 4.74. The van der Waals surface area contributed by atoms with Crippen molar-refractivity contribution in [3.05, 3.63) is 24.2 Å². The molecule has 1 saturated carbocycles. The summed E-state index contributed by atoms with van der Waals surface area (Å²) in [7, 11) is 0. The molecule has 96 valence electrons. The molecule has 0 unspecified atom stereocenters. The summed E-state index contributed by atoms with van der Waals surface area (Å²) in [6, 6.07) is 4.23. The van der Waals surface area contributed by atoms with Gasteiger partial charge in [0.2, 0.25) is 0 Å². The van der Waals surface area contributed by atoms with Gasteiger partial charge in [0.1, 0.15) is 5.76 Å². The molecule has 0 amide bonds. The molecule has 0 bridgehead atoms. The highest BCUT2D eigenvalue weighted by atomic mass is 16.3. The van der Waals surface area contributed by atoms with Gasteiger partial charge in [-0.2, -0.15) is 0 Å². The third-order valence-corrected chi connectivity index (χ3v) is 4.10. The standard InChI is InChI=1S/C14H23NO2/c1-10-5-6-12(8-11(10)2)15-13(9-16)14-4-3-7-17-14/h3-4,7,10-13,15-16H,5-6,8-9H2,1-2H3/t10-,11-,12+,13-/m1/s1. The van der Waals surface area contributed by atoms with Crippen molar-refractivity contribution in [3.63, 3.8) is 0 Å². The van der Waals surface area contributed by atoms with Crippen molar-refractivity contribution < 1.29 is 9.52 Å². The average Bonchev–Trinajstić information content (AvgIpc) is 2.84. The second-order valence-corrected chi connectivity index (χ2v) is 5.38. The van der Waals surface area contributed by atoms with Crippen LogP contribution in [0.3, 0.4) is 0 Å². The van der Waals surface area contributed by atoms with Crippen molar-refractivity contribution in [1.29, 1.82) is 0 Å². The first-order valence-corrected chi connectivity index (χ1v) is 6.61. The lowest BCUT2D eigenvalue weighted by Crippen LogP contribution is -2.39. The normalized spacial score (nSPS) is 31.4. The van der Waals surface area contributed by atoms with E-state index >= 15 is 0 Å². The molecule has 17 heavy (non-hydrogen) atoms. The zero-order valence-corrected chi connectivity index (χ0v) is 10.7. The maximum Gasteiger partial charge on any atom is 0.123 e. The molecule has 0 saturated heterocycles. The fourth-order valence-electron chi connectivity index (χ4n) is 2.70. The topological polar surface area (TPSA) is 45.4 Å². The van der Waals surface area contributed by atoms with Gasteiger partial charge in [0.15, 0.2) is 0 Å². The summed E-state index contributed by atoms with van der Waals surface area (Å²) in [4.78, 5) is 0. The average molecular weight is 237 g/mol. The van der Waals surface area contributed by atoms with E-state index in [0.29, 0.717) is 6.04 Å². The molecule has 0 aromatic carbocycles. The first-order valence-electron chi connectivity index (χ1n) is 6.61. The highest BCUT2D eigenvalue weighted by molar-refractivity contribution is 5.05. The fraction of sp³-hybridized carbons (Fsp3) is 0.714. The van der Waals surface area contributed by atoms with Crippen molar-refractivity contribution in [2.45, 2.75) is 45.2 Å². The van der Waals surface area contributed by atoms with Gasteiger partial charge in [-0.05, 0) is 43.2 Å². The minimum Gasteiger partial charge on any atom is -0.468 e. The van der Waals surface area contributed by atoms with Crippen LogP contribution in [0.4, 0.5) is 0 Å². The third kappa shape index (κ3) is 3.11. The van der Waals surface area contributed by atoms with E-state index in [4.69, 9.17) is 4.42 Å². The van der Waals surface area contributed by atoms with Gasteiger partial charge in [0.05, 0.1) is 18.9 Å². The molecule has 0 spiro atoms. The molecule has 1 aromatic rings. The molecule has 0 aliphatic heterocycles. The van der Waals surface area contributed by atoms with Crippen molar-refractivity contribution in [2.24, 2.45) is 11.8 Å². The molecule has 2 N–H and O–H groups in total. The highest BCUT2D eigenvalue weighted by Gasteiger charge is 2.26. The van der Waals surface area contributed by atoms with Gasteiger partial charge in [0, 0.05) is 6.04 Å². The summed E-state index contributed by atoms with van der Waals surface area (Å²) in [5, 5.41) is 12.9. The Hall–Kier alpha value is -0.800. The lowest BCUT2D eigenvalue weighted by molar-refractivity contribution is 0.172. The number of hydrogen-bond donors (Lipinski definition) is 2. The number of rotatable bonds is 4. The molecule has 0 radical (unpaired) electrons. The number of nitrogens with one attached hydrogen (secondary N) is 1. The first-order chi connectivity index (χ1) is 8.20. The molecular weight excluding hydrogens is 214 g/mol. The molecule has 3 heteroatoms. The maximum atomic E-state index is 9.42. The molecule has 3 nitrogen and oxygen atoms in total. The van der Waals surface area contributed by atoms with E-state index in [1.807, 2.05) is 12.1 Å². The Kier molecular flexibility index (Phi) is 4.24. The van der Waals surface area contributed by atoms with Crippen LogP contribution >= 0.6 is 0 Å². The minimum atomic E-state index is -0.0596. The molecule has 1 aromatic heterocycles. The predicted octanol–water partition coefficient (Wildman–Crippen LogP) is 2.73. The van der Waals surface area contributed by atoms with E-state index < -0.39 is 0 Å². The molecule has 1 fully saturated rings. The fourth-order valence-corrected chi connectivity index (χ4v) is 2.70. The Morgan fingerprint density at radius 2 is 2.24 bits per heavy atom. The maximum absolute atomic E-state index is 9.42. The summed E-state index contributed by atoms with van der Waals surface area (Å²) >= 11 is 0. The van der Waals surface area contributed by atoms with Crippen LogP contribution in [-0.4, -0.2) is 17.8 Å². The number of furan rings is 1. The summed E-state index contributed by atoms with van der Waals surface area (Å²) in [5.74, 6) is 2.42. The largest absolute Gasteiger partial charge is 0.468 e. The van der Waals surface area contributed by atoms with Gasteiger partial charge in [0.25, 0.3) is 0 Å². The van der Waals surface area contributed by atoms with E-state index in [1.165, 1.54) is 19.3 Å². The Morgan fingerprint density at radius 1 is 1.41 bits per heavy atom. The Bertz CT molecular complexity index is 323. The summed E-state index contributed by atoms with van der Waals surface area (Å²) < 4.78 is 5.35. The van der Waals surface area contributed by atoms with Gasteiger partial charge in [-0.15, -0.1) is 0 Å². The lowest BCUT2D eigenvalue weighted by Gasteiger charge is -2.34. The Balaban J connectivity index is 1.91. The van der Waals surface area contributed by atoms with Gasteiger partial charge < -0.3 is 14.8 Å². The summed E-state index contributed by atoms with van der Waals surface area (Å²) in [5.41, 5.74) is 0. The second-order valence-electron chi connectivity index (χ2n) is 5.38. The van der Waals surface area contributed by atoms with Gasteiger partial charge in [-0.3, -0.25) is 0 Å². The van der Waals surface area contributed by atoms with Gasteiger partial charge in [-0.25, -0.2) is 0 Å². The van der Waals surface area contributed by atoms with Crippen LogP contribution in [-0.2, 0) is 0 Å². The Labute approximate surface area is 103 Å². The van der Waals surface area contributed by atoms with Crippen molar-refractivity contribution in [2.75, 3.05) is 6.61 Å². The van der Waals surface area contributed by atoms with Crippen LogP contribution in [0.1, 0.15) is 44.9 Å². The number of aliphatic hydroxyl groups is 1. The van der Waals surface area contributed by atoms with Crippen molar-refractivity contribution in [1.82, 2.24) is 5.32 Å². The molecule has 4 atom stereocenters. The minimum absolute atomic E-state index is 0.0596. The molecule has 2 rings (SSSR count). The molecule has 1 aliphatic rings. The Morgan fingerprint density at radius 3 is 2.82 bits per heavy atom. The van der Waals surface area contributed by atoms with Crippen LogP contribution in [0, 0.1) is 11.8 Å². The monoisotopic (exact) mass is 237 g/mol. The lowest BCUT2D eigenvalue weighted by atomic mass is 9.79. The van der Waals surface area contributed by atoms with E-state index in [2.05, 4.69) is 19.2 Å². The van der Waals surface area contributed by atoms with Crippen molar-refractivity contribution in [3.8, 4) is 0 Å². The molecule has 1 aliphatic carbocycles. The van der Waals surface area contributed by atoms with Crippen molar-refractivity contribution >= 4 is 0 Å². The second kappa shape index (κ2) is 5.69. The summed E-state index contributed by atoms with van der Waals surface area (Å²) in [6.07, 6.45) is 5.32. The van der Waals surface area contributed by atoms with E-state index in [-0.39, 0.29) is 12.6 Å². The first kappa shape index (κ1) is 12.7.